The van der Waals surface area contributed by atoms with Crippen LogP contribution in [-0.2, 0) is 18.4 Å². The summed E-state index contributed by atoms with van der Waals surface area (Å²) in [6.07, 6.45) is 92.6. The quantitative estimate of drug-likeness (QED) is 0.0243. The van der Waals surface area contributed by atoms with Crippen LogP contribution in [0.25, 0.3) is 0 Å². The molecule has 0 fully saturated rings. The van der Waals surface area contributed by atoms with E-state index in [1.54, 1.807) is 6.08 Å². The number of carbonyl (C=O) groups is 1. The molecule has 500 valence electrons. The summed E-state index contributed by atoms with van der Waals surface area (Å²) in [6, 6.07) is -0.864. The number of hydrogen-bond donors (Lipinski definition) is 3. The van der Waals surface area contributed by atoms with Gasteiger partial charge >= 0.3 is 7.82 Å². The molecule has 0 aliphatic carbocycles. The summed E-state index contributed by atoms with van der Waals surface area (Å²) < 4.78 is 23.8. The number of rotatable bonds is 69. The second-order valence-electron chi connectivity index (χ2n) is 26.7. The Kier molecular flexibility index (Phi) is 65.2. The predicted octanol–water partition coefficient (Wildman–Crippen LogP) is 23.9. The molecule has 0 saturated carbocycles. The number of aliphatic hydroxyl groups excluding tert-OH is 1. The van der Waals surface area contributed by atoms with Crippen LogP contribution in [0.5, 0.6) is 0 Å². The van der Waals surface area contributed by atoms with Crippen molar-refractivity contribution in [2.24, 2.45) is 0 Å². The first kappa shape index (κ1) is 83.2. The van der Waals surface area contributed by atoms with Crippen LogP contribution < -0.4 is 5.32 Å². The summed E-state index contributed by atoms with van der Waals surface area (Å²) in [6.45, 7) is 4.83. The molecular formula is C76H146N2O6P+. The van der Waals surface area contributed by atoms with Crippen molar-refractivity contribution in [2.75, 3.05) is 40.9 Å². The van der Waals surface area contributed by atoms with Gasteiger partial charge in [0.2, 0.25) is 5.91 Å². The van der Waals surface area contributed by atoms with Crippen molar-refractivity contribution in [2.45, 2.75) is 379 Å². The SMILES string of the molecule is CCCCCCC/C=C\C/C=C\C/C=C\CCCCCCCCCCCCCCCCCCCCCCCCCCCCC(=O)NC(COP(=O)(O)OCC[N+](C)(C)C)C(O)/C=C/CC/C=C/CCCCCCCCCCCCCCCCCC. The van der Waals surface area contributed by atoms with Gasteiger partial charge in [-0.25, -0.2) is 4.57 Å². The van der Waals surface area contributed by atoms with E-state index in [0.717, 1.165) is 51.4 Å². The van der Waals surface area contributed by atoms with Crippen LogP contribution in [-0.4, -0.2) is 73.4 Å². The van der Waals surface area contributed by atoms with Crippen molar-refractivity contribution >= 4 is 13.7 Å². The average Bonchev–Trinajstić information content (AvgIpc) is 3.48. The molecule has 0 aromatic heterocycles. The first-order valence-corrected chi connectivity index (χ1v) is 38.7. The fourth-order valence-electron chi connectivity index (χ4n) is 11.2. The van der Waals surface area contributed by atoms with Crippen molar-refractivity contribution in [3.63, 3.8) is 0 Å². The van der Waals surface area contributed by atoms with E-state index < -0.39 is 20.0 Å². The summed E-state index contributed by atoms with van der Waals surface area (Å²) in [5.41, 5.74) is 0. The largest absolute Gasteiger partial charge is 0.472 e. The Labute approximate surface area is 530 Å². The summed E-state index contributed by atoms with van der Waals surface area (Å²) in [5, 5.41) is 14.0. The number of unbranched alkanes of at least 4 members (excludes halogenated alkanes) is 48. The molecule has 0 rings (SSSR count). The fourth-order valence-corrected chi connectivity index (χ4v) is 11.9. The Bertz CT molecular complexity index is 1570. The first-order valence-electron chi connectivity index (χ1n) is 37.2. The van der Waals surface area contributed by atoms with Gasteiger partial charge < -0.3 is 19.8 Å². The Morgan fingerprint density at radius 1 is 0.400 bits per heavy atom. The van der Waals surface area contributed by atoms with Gasteiger partial charge in [0, 0.05) is 6.42 Å². The summed E-state index contributed by atoms with van der Waals surface area (Å²) in [4.78, 5) is 23.4. The molecule has 3 N–H and O–H groups in total. The lowest BCUT2D eigenvalue weighted by Gasteiger charge is -2.25. The normalized spacial score (nSPS) is 13.9. The van der Waals surface area contributed by atoms with Crippen LogP contribution in [0.2, 0.25) is 0 Å². The predicted molar refractivity (Wildman–Crippen MR) is 374 cm³/mol. The smallest absolute Gasteiger partial charge is 0.387 e. The number of aliphatic hydroxyl groups is 1. The standard InChI is InChI=1S/C76H145N2O6P/c1-6-8-10-12-14-16-18-20-22-24-26-28-30-31-32-33-34-35-36-37-38-39-40-41-42-43-44-45-46-47-48-50-52-54-56-58-60-62-64-66-68-70-76(80)77-74(73-84-85(81,82)83-72-71-78(3,4)5)75(79)69-67-65-63-61-59-57-55-53-51-49-29-27-25-23-21-19-17-15-13-11-9-7-2/h18,20,24,26,30-31,59,61,67,69,74-75,79H,6-17,19,21-23,25,27-29,32-58,60,62-66,68,70-73H2,1-5H3,(H-,77,80,81,82)/p+1/b20-18-,26-24-,31-30-,61-59+,69-67+. The van der Waals surface area contributed by atoms with E-state index in [1.807, 2.05) is 27.2 Å². The highest BCUT2D eigenvalue weighted by Crippen LogP contribution is 2.43. The Hall–Kier alpha value is -1.80. The fraction of sp³-hybridized carbons (Fsp3) is 0.855. The van der Waals surface area contributed by atoms with Crippen molar-refractivity contribution in [1.82, 2.24) is 5.32 Å². The summed E-state index contributed by atoms with van der Waals surface area (Å²) in [7, 11) is 1.57. The minimum atomic E-state index is -4.36. The molecule has 0 radical (unpaired) electrons. The zero-order chi connectivity index (χ0) is 61.9. The zero-order valence-corrected chi connectivity index (χ0v) is 58.3. The molecule has 0 bridgehead atoms. The zero-order valence-electron chi connectivity index (χ0n) is 57.4. The number of allylic oxidation sites excluding steroid dienone is 9. The van der Waals surface area contributed by atoms with Gasteiger partial charge in [0.05, 0.1) is 39.9 Å². The lowest BCUT2D eigenvalue weighted by Crippen LogP contribution is -2.45. The summed E-state index contributed by atoms with van der Waals surface area (Å²) in [5.74, 6) is -0.180. The van der Waals surface area contributed by atoms with Crippen molar-refractivity contribution < 1.29 is 32.9 Å². The van der Waals surface area contributed by atoms with E-state index in [-0.39, 0.29) is 19.1 Å². The van der Waals surface area contributed by atoms with E-state index >= 15 is 0 Å². The number of amides is 1. The van der Waals surface area contributed by atoms with Crippen LogP contribution >= 0.6 is 7.82 Å². The van der Waals surface area contributed by atoms with E-state index in [1.165, 1.54) is 295 Å². The average molecular weight is 1210 g/mol. The molecule has 0 spiro atoms. The van der Waals surface area contributed by atoms with E-state index in [2.05, 4.69) is 67.8 Å². The third-order valence-corrected chi connectivity index (χ3v) is 17.9. The van der Waals surface area contributed by atoms with Gasteiger partial charge in [-0.3, -0.25) is 13.8 Å². The van der Waals surface area contributed by atoms with Crippen LogP contribution in [0.3, 0.4) is 0 Å². The van der Waals surface area contributed by atoms with E-state index in [4.69, 9.17) is 9.05 Å². The molecule has 0 aromatic rings. The second-order valence-corrected chi connectivity index (χ2v) is 28.1. The van der Waals surface area contributed by atoms with Crippen molar-refractivity contribution in [3.8, 4) is 0 Å². The van der Waals surface area contributed by atoms with Gasteiger partial charge in [-0.05, 0) is 70.6 Å². The highest BCUT2D eigenvalue weighted by Gasteiger charge is 2.28. The van der Waals surface area contributed by atoms with Gasteiger partial charge in [0.15, 0.2) is 0 Å². The molecule has 0 aliphatic rings. The molecule has 1 amide bonds. The van der Waals surface area contributed by atoms with Crippen LogP contribution in [0, 0.1) is 0 Å². The molecule has 3 atom stereocenters. The van der Waals surface area contributed by atoms with Gasteiger partial charge in [-0.1, -0.05) is 351 Å². The molecule has 9 heteroatoms. The number of hydrogen-bond acceptors (Lipinski definition) is 5. The first-order chi connectivity index (χ1) is 41.5. The minimum Gasteiger partial charge on any atom is -0.387 e. The van der Waals surface area contributed by atoms with E-state index in [0.29, 0.717) is 17.4 Å². The van der Waals surface area contributed by atoms with Crippen LogP contribution in [0.15, 0.2) is 60.8 Å². The Morgan fingerprint density at radius 2 is 0.682 bits per heavy atom. The Morgan fingerprint density at radius 3 is 1.02 bits per heavy atom. The minimum absolute atomic E-state index is 0.0572. The lowest BCUT2D eigenvalue weighted by atomic mass is 10.0. The monoisotopic (exact) mass is 1210 g/mol. The number of phosphoric ester groups is 1. The number of nitrogens with zero attached hydrogens (tertiary/aromatic N) is 1. The van der Waals surface area contributed by atoms with Gasteiger partial charge in [0.25, 0.3) is 0 Å². The van der Waals surface area contributed by atoms with Crippen molar-refractivity contribution in [3.05, 3.63) is 60.8 Å². The molecule has 0 heterocycles. The third-order valence-electron chi connectivity index (χ3n) is 17.0. The molecule has 0 aromatic carbocycles. The number of quaternary nitrogens is 1. The number of nitrogens with one attached hydrogen (secondary N) is 1. The van der Waals surface area contributed by atoms with Crippen LogP contribution in [0.4, 0.5) is 0 Å². The second kappa shape index (κ2) is 66.6. The Balaban J connectivity index is 3.94. The lowest BCUT2D eigenvalue weighted by molar-refractivity contribution is -0.870. The molecular weight excluding hydrogens is 1070 g/mol. The molecule has 0 saturated heterocycles. The summed E-state index contributed by atoms with van der Waals surface area (Å²) >= 11 is 0. The topological polar surface area (TPSA) is 105 Å². The maximum absolute atomic E-state index is 13.1. The van der Waals surface area contributed by atoms with Crippen LogP contribution in [0.1, 0.15) is 367 Å². The van der Waals surface area contributed by atoms with Crippen molar-refractivity contribution in [1.29, 1.82) is 0 Å². The highest BCUT2D eigenvalue weighted by atomic mass is 31.2. The number of carbonyl (C=O) groups excluding carboxylic acids is 1. The maximum Gasteiger partial charge on any atom is 0.472 e. The van der Waals surface area contributed by atoms with Gasteiger partial charge in [0.1, 0.15) is 13.2 Å². The van der Waals surface area contributed by atoms with Gasteiger partial charge in [-0.15, -0.1) is 0 Å². The number of likely N-dealkylation sites (N-methyl/N-ethyl adjacent to an activating group) is 1. The highest BCUT2D eigenvalue weighted by molar-refractivity contribution is 7.47. The van der Waals surface area contributed by atoms with Gasteiger partial charge in [-0.2, -0.15) is 0 Å². The van der Waals surface area contributed by atoms with E-state index in [9.17, 15) is 19.4 Å². The molecule has 3 unspecified atom stereocenters. The molecule has 0 aliphatic heterocycles. The molecule has 85 heavy (non-hydrogen) atoms. The third kappa shape index (κ3) is 69.5. The number of phosphoric acid groups is 1. The molecule has 8 nitrogen and oxygen atoms in total. The maximum atomic E-state index is 13.1.